The summed E-state index contributed by atoms with van der Waals surface area (Å²) in [6.07, 6.45) is 0. The monoisotopic (exact) mass is 343 g/mol. The zero-order valence-corrected chi connectivity index (χ0v) is 14.5. The summed E-state index contributed by atoms with van der Waals surface area (Å²) in [5, 5.41) is 11.1. The number of imide groups is 1. The Labute approximate surface area is 145 Å². The Hall–Kier alpha value is -2.33. The Morgan fingerprint density at radius 3 is 2.17 bits per heavy atom. The zero-order chi connectivity index (χ0) is 17.6. The van der Waals surface area contributed by atoms with Gasteiger partial charge in [0.1, 0.15) is 5.75 Å². The fraction of sp³-hybridized carbons (Fsp3) is 0.263. The van der Waals surface area contributed by atoms with E-state index in [9.17, 15) is 14.7 Å². The summed E-state index contributed by atoms with van der Waals surface area (Å²) in [4.78, 5) is 26.2. The molecular formula is C19H18ClNO3. The van der Waals surface area contributed by atoms with Gasteiger partial charge in [-0.25, -0.2) is 0 Å². The molecule has 0 radical (unpaired) electrons. The van der Waals surface area contributed by atoms with Crippen LogP contribution >= 0.6 is 11.6 Å². The summed E-state index contributed by atoms with van der Waals surface area (Å²) in [6.45, 7) is 5.68. The molecule has 0 saturated heterocycles. The van der Waals surface area contributed by atoms with Crippen molar-refractivity contribution in [2.75, 3.05) is 0 Å². The molecule has 0 fully saturated rings. The van der Waals surface area contributed by atoms with E-state index in [0.29, 0.717) is 32.8 Å². The lowest BCUT2D eigenvalue weighted by molar-refractivity contribution is 0.0641. The highest BCUT2D eigenvalue weighted by molar-refractivity contribution is 6.31. The standard InChI is InChI=1S/C19H18ClNO3/c1-10(2)14-8-16(20)11(3)15(17(14)22)9-21-18(23)12-6-4-5-7-13(12)19(21)24/h4-8,10,22H,9H2,1-3H3. The molecule has 0 spiro atoms. The summed E-state index contributed by atoms with van der Waals surface area (Å²) in [5.41, 5.74) is 2.68. The first-order valence-corrected chi connectivity index (χ1v) is 8.16. The van der Waals surface area contributed by atoms with E-state index in [1.807, 2.05) is 13.8 Å². The zero-order valence-electron chi connectivity index (χ0n) is 13.8. The van der Waals surface area contributed by atoms with Crippen LogP contribution in [0.4, 0.5) is 0 Å². The number of benzene rings is 2. The van der Waals surface area contributed by atoms with Gasteiger partial charge in [-0.05, 0) is 42.2 Å². The maximum atomic E-state index is 12.5. The summed E-state index contributed by atoms with van der Waals surface area (Å²) in [5.74, 6) is -0.520. The van der Waals surface area contributed by atoms with E-state index in [0.717, 1.165) is 4.90 Å². The van der Waals surface area contributed by atoms with Gasteiger partial charge in [-0.2, -0.15) is 0 Å². The SMILES string of the molecule is Cc1c(Cl)cc(C(C)C)c(O)c1CN1C(=O)c2ccccc2C1=O. The molecule has 2 amide bonds. The van der Waals surface area contributed by atoms with Gasteiger partial charge in [0.2, 0.25) is 0 Å². The molecule has 0 aliphatic carbocycles. The number of nitrogens with zero attached hydrogens (tertiary/aromatic N) is 1. The lowest BCUT2D eigenvalue weighted by Gasteiger charge is -2.20. The van der Waals surface area contributed by atoms with Crippen LogP contribution in [0.25, 0.3) is 0 Å². The molecule has 0 aromatic heterocycles. The molecule has 2 aromatic rings. The third kappa shape index (κ3) is 2.47. The van der Waals surface area contributed by atoms with E-state index in [1.54, 1.807) is 37.3 Å². The molecule has 1 N–H and O–H groups in total. The second-order valence-electron chi connectivity index (χ2n) is 6.30. The molecule has 1 heterocycles. The molecule has 24 heavy (non-hydrogen) atoms. The van der Waals surface area contributed by atoms with Crippen LogP contribution in [0.3, 0.4) is 0 Å². The highest BCUT2D eigenvalue weighted by Gasteiger charge is 2.36. The molecule has 1 aliphatic rings. The van der Waals surface area contributed by atoms with E-state index in [2.05, 4.69) is 0 Å². The van der Waals surface area contributed by atoms with Gasteiger partial charge in [-0.15, -0.1) is 0 Å². The number of phenolic OH excluding ortho intramolecular Hbond substituents is 1. The minimum absolute atomic E-state index is 0.00426. The van der Waals surface area contributed by atoms with Crippen molar-refractivity contribution >= 4 is 23.4 Å². The maximum absolute atomic E-state index is 12.5. The quantitative estimate of drug-likeness (QED) is 0.846. The minimum atomic E-state index is -0.347. The molecular weight excluding hydrogens is 326 g/mol. The van der Waals surface area contributed by atoms with E-state index in [-0.39, 0.29) is 30.0 Å². The van der Waals surface area contributed by atoms with E-state index in [1.165, 1.54) is 0 Å². The van der Waals surface area contributed by atoms with Gasteiger partial charge < -0.3 is 5.11 Å². The highest BCUT2D eigenvalue weighted by Crippen LogP contribution is 2.37. The Kier molecular flexibility index (Phi) is 4.10. The molecule has 0 bridgehead atoms. The summed E-state index contributed by atoms with van der Waals surface area (Å²) >= 11 is 6.28. The number of rotatable bonds is 3. The Balaban J connectivity index is 2.04. The first-order chi connectivity index (χ1) is 11.3. The van der Waals surface area contributed by atoms with Crippen LogP contribution in [0.5, 0.6) is 5.75 Å². The third-order valence-corrected chi connectivity index (χ3v) is 4.86. The molecule has 0 saturated carbocycles. The molecule has 1 aliphatic heterocycles. The van der Waals surface area contributed by atoms with E-state index in [4.69, 9.17) is 11.6 Å². The first kappa shape index (κ1) is 16.5. The van der Waals surface area contributed by atoms with Crippen LogP contribution in [0.2, 0.25) is 5.02 Å². The topological polar surface area (TPSA) is 57.6 Å². The van der Waals surface area contributed by atoms with Crippen LogP contribution in [0.1, 0.15) is 57.2 Å². The maximum Gasteiger partial charge on any atom is 0.261 e. The van der Waals surface area contributed by atoms with Crippen LogP contribution in [-0.2, 0) is 6.54 Å². The normalized spacial score (nSPS) is 13.8. The van der Waals surface area contributed by atoms with Crippen molar-refractivity contribution in [1.29, 1.82) is 0 Å². The van der Waals surface area contributed by atoms with Crippen molar-refractivity contribution in [1.82, 2.24) is 4.90 Å². The van der Waals surface area contributed by atoms with Crippen LogP contribution in [-0.4, -0.2) is 21.8 Å². The fourth-order valence-electron chi connectivity index (χ4n) is 2.98. The predicted octanol–water partition coefficient (Wildman–Crippen LogP) is 4.27. The van der Waals surface area contributed by atoms with Gasteiger partial charge in [-0.1, -0.05) is 37.6 Å². The van der Waals surface area contributed by atoms with Crippen molar-refractivity contribution < 1.29 is 14.7 Å². The third-order valence-electron chi connectivity index (χ3n) is 4.47. The van der Waals surface area contributed by atoms with Crippen LogP contribution in [0, 0.1) is 6.92 Å². The highest BCUT2D eigenvalue weighted by atomic mass is 35.5. The van der Waals surface area contributed by atoms with Gasteiger partial charge in [-0.3, -0.25) is 14.5 Å². The Morgan fingerprint density at radius 2 is 1.67 bits per heavy atom. The number of hydrogen-bond acceptors (Lipinski definition) is 3. The summed E-state index contributed by atoms with van der Waals surface area (Å²) in [7, 11) is 0. The smallest absolute Gasteiger partial charge is 0.261 e. The summed E-state index contributed by atoms with van der Waals surface area (Å²) < 4.78 is 0. The Bertz CT molecular complexity index is 823. The van der Waals surface area contributed by atoms with Gasteiger partial charge in [0.25, 0.3) is 11.8 Å². The number of aromatic hydroxyl groups is 1. The van der Waals surface area contributed by atoms with Crippen molar-refractivity contribution in [3.63, 3.8) is 0 Å². The largest absolute Gasteiger partial charge is 0.507 e. The molecule has 124 valence electrons. The molecule has 2 aromatic carbocycles. The molecule has 0 unspecified atom stereocenters. The van der Waals surface area contributed by atoms with Crippen molar-refractivity contribution in [2.45, 2.75) is 33.2 Å². The fourth-order valence-corrected chi connectivity index (χ4v) is 3.22. The van der Waals surface area contributed by atoms with E-state index >= 15 is 0 Å². The second kappa shape index (κ2) is 5.95. The molecule has 4 nitrogen and oxygen atoms in total. The average Bonchev–Trinajstić information content (AvgIpc) is 2.79. The predicted molar refractivity (Wildman–Crippen MR) is 92.6 cm³/mol. The van der Waals surface area contributed by atoms with Crippen LogP contribution in [0.15, 0.2) is 30.3 Å². The number of amides is 2. The Morgan fingerprint density at radius 1 is 1.12 bits per heavy atom. The van der Waals surface area contributed by atoms with Gasteiger partial charge in [0.15, 0.2) is 0 Å². The van der Waals surface area contributed by atoms with Crippen molar-refractivity contribution in [3.8, 4) is 5.75 Å². The summed E-state index contributed by atoms with van der Waals surface area (Å²) in [6, 6.07) is 8.47. The molecule has 0 atom stereocenters. The van der Waals surface area contributed by atoms with Crippen molar-refractivity contribution in [3.05, 3.63) is 63.2 Å². The average molecular weight is 344 g/mol. The number of carbonyl (C=O) groups is 2. The number of fused-ring (bicyclic) bond motifs is 1. The number of phenols is 1. The van der Waals surface area contributed by atoms with Gasteiger partial charge >= 0.3 is 0 Å². The minimum Gasteiger partial charge on any atom is -0.507 e. The number of halogens is 1. The second-order valence-corrected chi connectivity index (χ2v) is 6.70. The molecule has 5 heteroatoms. The van der Waals surface area contributed by atoms with E-state index < -0.39 is 0 Å². The number of hydrogen-bond donors (Lipinski definition) is 1. The van der Waals surface area contributed by atoms with Gasteiger partial charge in [0.05, 0.1) is 17.7 Å². The van der Waals surface area contributed by atoms with Crippen molar-refractivity contribution in [2.24, 2.45) is 0 Å². The lowest BCUT2D eigenvalue weighted by Crippen LogP contribution is -2.29. The van der Waals surface area contributed by atoms with Crippen LogP contribution < -0.4 is 0 Å². The van der Waals surface area contributed by atoms with Gasteiger partial charge in [0, 0.05) is 10.6 Å². The lowest BCUT2D eigenvalue weighted by atomic mass is 9.95. The first-order valence-electron chi connectivity index (χ1n) is 7.79. The number of carbonyl (C=O) groups excluding carboxylic acids is 2. The molecule has 3 rings (SSSR count).